The minimum Gasteiger partial charge on any atom is -0.306 e. The Kier molecular flexibility index (Phi) is 4.77. The monoisotopic (exact) mass is 387 g/mol. The Bertz CT molecular complexity index is 1070. The molecule has 6 nitrogen and oxygen atoms in total. The van der Waals surface area contributed by atoms with Crippen molar-refractivity contribution in [2.24, 2.45) is 7.05 Å². The van der Waals surface area contributed by atoms with E-state index in [2.05, 4.69) is 10.4 Å². The van der Waals surface area contributed by atoms with Gasteiger partial charge in [0.15, 0.2) is 0 Å². The van der Waals surface area contributed by atoms with Crippen molar-refractivity contribution in [3.8, 4) is 6.07 Å². The Morgan fingerprint density at radius 2 is 2.04 bits per heavy atom. The van der Waals surface area contributed by atoms with Crippen molar-refractivity contribution in [3.63, 3.8) is 0 Å². The fourth-order valence-corrected chi connectivity index (χ4v) is 2.96. The summed E-state index contributed by atoms with van der Waals surface area (Å²) in [6.07, 6.45) is 0. The number of aromatic nitrogens is 2. The van der Waals surface area contributed by atoms with Crippen LogP contribution in [0.5, 0.6) is 0 Å². The number of carbonyl (C=O) groups is 1. The van der Waals surface area contributed by atoms with E-state index < -0.39 is 6.03 Å². The second-order valence-corrected chi connectivity index (χ2v) is 6.62. The number of nitrogens with zero attached hydrogens (tertiary/aromatic N) is 4. The average Bonchev–Trinajstić information content (AvgIpc) is 2.91. The molecule has 26 heavy (non-hydrogen) atoms. The fourth-order valence-electron chi connectivity index (χ4n) is 2.59. The minimum atomic E-state index is -0.412. The van der Waals surface area contributed by atoms with Crippen LogP contribution in [-0.4, -0.2) is 22.9 Å². The number of amides is 2. The van der Waals surface area contributed by atoms with Gasteiger partial charge in [0.1, 0.15) is 0 Å². The quantitative estimate of drug-likeness (QED) is 0.690. The summed E-state index contributed by atoms with van der Waals surface area (Å²) >= 11 is 12.1. The molecule has 0 atom stereocenters. The van der Waals surface area contributed by atoms with Crippen LogP contribution in [-0.2, 0) is 7.05 Å². The van der Waals surface area contributed by atoms with Gasteiger partial charge in [-0.15, -0.1) is 0 Å². The first kappa shape index (κ1) is 18.1. The SMILES string of the molecule is Cc1c2ccc(N(C)C(=O)Nc3cc(C#N)cc(Cl)c3Cl)cc2nn1C. The van der Waals surface area contributed by atoms with Gasteiger partial charge in [-0.1, -0.05) is 23.2 Å². The number of nitriles is 1. The predicted octanol–water partition coefficient (Wildman–Crippen LogP) is 4.73. The van der Waals surface area contributed by atoms with E-state index >= 15 is 0 Å². The number of urea groups is 1. The molecule has 0 saturated heterocycles. The van der Waals surface area contributed by atoms with Crippen LogP contribution in [0.1, 0.15) is 11.3 Å². The fraction of sp³-hybridized carbons (Fsp3) is 0.167. The molecule has 0 unspecified atom stereocenters. The molecule has 3 rings (SSSR count). The normalized spacial score (nSPS) is 10.6. The molecule has 3 aromatic rings. The van der Waals surface area contributed by atoms with E-state index in [0.717, 1.165) is 16.6 Å². The molecule has 132 valence electrons. The van der Waals surface area contributed by atoms with Gasteiger partial charge in [0.05, 0.1) is 32.9 Å². The lowest BCUT2D eigenvalue weighted by atomic mass is 10.2. The minimum absolute atomic E-state index is 0.184. The van der Waals surface area contributed by atoms with Gasteiger partial charge in [0.2, 0.25) is 0 Å². The molecule has 2 aromatic carbocycles. The number of aryl methyl sites for hydroxylation is 2. The molecule has 1 heterocycles. The maximum absolute atomic E-state index is 12.6. The lowest BCUT2D eigenvalue weighted by Crippen LogP contribution is -2.31. The first-order valence-corrected chi connectivity index (χ1v) is 8.44. The summed E-state index contributed by atoms with van der Waals surface area (Å²) in [5.41, 5.74) is 3.11. The predicted molar refractivity (Wildman–Crippen MR) is 104 cm³/mol. The van der Waals surface area contributed by atoms with Crippen LogP contribution in [0.15, 0.2) is 30.3 Å². The van der Waals surface area contributed by atoms with Crippen LogP contribution < -0.4 is 10.2 Å². The number of hydrogen-bond acceptors (Lipinski definition) is 3. The number of nitrogens with one attached hydrogen (secondary N) is 1. The van der Waals surface area contributed by atoms with E-state index in [0.29, 0.717) is 11.3 Å². The molecule has 0 fully saturated rings. The first-order valence-electron chi connectivity index (χ1n) is 7.69. The average molecular weight is 388 g/mol. The second-order valence-electron chi connectivity index (χ2n) is 5.83. The number of carbonyl (C=O) groups excluding carboxylic acids is 1. The van der Waals surface area contributed by atoms with E-state index in [4.69, 9.17) is 28.5 Å². The molecule has 2 amide bonds. The van der Waals surface area contributed by atoms with Gasteiger partial charge in [-0.05, 0) is 37.3 Å². The molecular weight excluding hydrogens is 373 g/mol. The molecular formula is C18H15Cl2N5O. The molecule has 0 saturated carbocycles. The second kappa shape index (κ2) is 6.87. The number of hydrogen-bond donors (Lipinski definition) is 1. The highest BCUT2D eigenvalue weighted by Gasteiger charge is 2.16. The zero-order valence-electron chi connectivity index (χ0n) is 14.3. The van der Waals surface area contributed by atoms with Crippen LogP contribution in [0.25, 0.3) is 10.9 Å². The Balaban J connectivity index is 1.89. The molecule has 0 spiro atoms. The zero-order chi connectivity index (χ0) is 19.0. The van der Waals surface area contributed by atoms with Crippen molar-refractivity contribution >= 4 is 51.5 Å². The molecule has 0 radical (unpaired) electrons. The third-order valence-electron chi connectivity index (χ3n) is 4.21. The van der Waals surface area contributed by atoms with Gasteiger partial charge in [-0.2, -0.15) is 10.4 Å². The van der Waals surface area contributed by atoms with Crippen LogP contribution in [0.2, 0.25) is 10.0 Å². The third-order valence-corrected chi connectivity index (χ3v) is 5.01. The molecule has 0 aliphatic carbocycles. The number of fused-ring (bicyclic) bond motifs is 1. The summed E-state index contributed by atoms with van der Waals surface area (Å²) < 4.78 is 1.80. The van der Waals surface area contributed by atoms with E-state index in [1.807, 2.05) is 38.2 Å². The summed E-state index contributed by atoms with van der Waals surface area (Å²) in [6, 6.07) is 10.1. The lowest BCUT2D eigenvalue weighted by molar-refractivity contribution is 0.258. The van der Waals surface area contributed by atoms with E-state index in [1.54, 1.807) is 11.7 Å². The van der Waals surface area contributed by atoms with Crippen LogP contribution in [0, 0.1) is 18.3 Å². The maximum atomic E-state index is 12.6. The Morgan fingerprint density at radius 3 is 2.73 bits per heavy atom. The van der Waals surface area contributed by atoms with Crippen LogP contribution in [0.4, 0.5) is 16.2 Å². The van der Waals surface area contributed by atoms with Crippen molar-refractivity contribution in [1.29, 1.82) is 5.26 Å². The third kappa shape index (κ3) is 3.19. The van der Waals surface area contributed by atoms with Crippen LogP contribution >= 0.6 is 23.2 Å². The highest BCUT2D eigenvalue weighted by atomic mass is 35.5. The summed E-state index contributed by atoms with van der Waals surface area (Å²) in [5, 5.41) is 17.6. The standard InChI is InChI=1S/C18H15Cl2N5O/c1-10-13-5-4-12(8-15(13)23-25(10)3)24(2)18(26)22-16-7-11(9-21)6-14(19)17(16)20/h4-8H,1-3H3,(H,22,26). The van der Waals surface area contributed by atoms with E-state index in [1.165, 1.54) is 17.0 Å². The zero-order valence-corrected chi connectivity index (χ0v) is 15.9. The highest BCUT2D eigenvalue weighted by molar-refractivity contribution is 6.44. The highest BCUT2D eigenvalue weighted by Crippen LogP contribution is 2.32. The van der Waals surface area contributed by atoms with Gasteiger partial charge in [-0.3, -0.25) is 9.58 Å². The van der Waals surface area contributed by atoms with Gasteiger partial charge >= 0.3 is 6.03 Å². The largest absolute Gasteiger partial charge is 0.326 e. The summed E-state index contributed by atoms with van der Waals surface area (Å²) in [7, 11) is 3.51. The van der Waals surface area contributed by atoms with Crippen molar-refractivity contribution in [2.75, 3.05) is 17.3 Å². The number of halogens is 2. The first-order chi connectivity index (χ1) is 12.3. The Hall–Kier alpha value is -2.75. The molecule has 1 aromatic heterocycles. The Morgan fingerprint density at radius 1 is 1.31 bits per heavy atom. The maximum Gasteiger partial charge on any atom is 0.326 e. The molecule has 0 bridgehead atoms. The molecule has 1 N–H and O–H groups in total. The summed E-state index contributed by atoms with van der Waals surface area (Å²) in [5.74, 6) is 0. The molecule has 0 aliphatic heterocycles. The van der Waals surface area contributed by atoms with Crippen LogP contribution in [0.3, 0.4) is 0 Å². The van der Waals surface area contributed by atoms with Crippen molar-refractivity contribution in [1.82, 2.24) is 9.78 Å². The number of benzene rings is 2. The molecule has 8 heteroatoms. The van der Waals surface area contributed by atoms with Gasteiger partial charge in [0.25, 0.3) is 0 Å². The van der Waals surface area contributed by atoms with Gasteiger partial charge in [0, 0.05) is 30.9 Å². The van der Waals surface area contributed by atoms with Gasteiger partial charge < -0.3 is 5.32 Å². The van der Waals surface area contributed by atoms with Crippen molar-refractivity contribution < 1.29 is 4.79 Å². The summed E-state index contributed by atoms with van der Waals surface area (Å²) in [4.78, 5) is 14.0. The van der Waals surface area contributed by atoms with E-state index in [9.17, 15) is 4.79 Å². The number of anilines is 2. The van der Waals surface area contributed by atoms with Crippen molar-refractivity contribution in [2.45, 2.75) is 6.92 Å². The topological polar surface area (TPSA) is 74.0 Å². The lowest BCUT2D eigenvalue weighted by Gasteiger charge is -2.19. The van der Waals surface area contributed by atoms with E-state index in [-0.39, 0.29) is 15.7 Å². The Labute approximate surface area is 160 Å². The smallest absolute Gasteiger partial charge is 0.306 e. The summed E-state index contributed by atoms with van der Waals surface area (Å²) in [6.45, 7) is 1.99. The van der Waals surface area contributed by atoms with Gasteiger partial charge in [-0.25, -0.2) is 4.79 Å². The molecule has 0 aliphatic rings. The van der Waals surface area contributed by atoms with Crippen molar-refractivity contribution in [3.05, 3.63) is 51.6 Å². The number of rotatable bonds is 2.